The van der Waals surface area contributed by atoms with Crippen LogP contribution in [0.2, 0.25) is 0 Å². The van der Waals surface area contributed by atoms with Crippen molar-refractivity contribution in [3.05, 3.63) is 0 Å². The Morgan fingerprint density at radius 3 is 2.36 bits per heavy atom. The van der Waals surface area contributed by atoms with Crippen molar-refractivity contribution >= 4 is 6.09 Å². The Bertz CT molecular complexity index is 222. The third-order valence-electron chi connectivity index (χ3n) is 2.34. The van der Waals surface area contributed by atoms with Gasteiger partial charge in [0.25, 0.3) is 0 Å². The lowest BCUT2D eigenvalue weighted by Gasteiger charge is -2.45. The summed E-state index contributed by atoms with van der Waals surface area (Å²) in [5, 5.41) is 0. The lowest BCUT2D eigenvalue weighted by Crippen LogP contribution is -2.62. The van der Waals surface area contributed by atoms with Crippen LogP contribution in [0.5, 0.6) is 0 Å². The number of hydrogen-bond acceptors (Lipinski definition) is 3. The zero-order valence-electron chi connectivity index (χ0n) is 9.53. The molecule has 4 heteroatoms. The Hall–Kier alpha value is -0.770. The van der Waals surface area contributed by atoms with Crippen molar-refractivity contribution in [2.24, 2.45) is 0 Å². The molecule has 1 amide bonds. The summed E-state index contributed by atoms with van der Waals surface area (Å²) < 4.78 is 10.4. The van der Waals surface area contributed by atoms with Crippen molar-refractivity contribution < 1.29 is 14.3 Å². The summed E-state index contributed by atoms with van der Waals surface area (Å²) in [5.41, 5.74) is -0.422. The number of amides is 1. The van der Waals surface area contributed by atoms with Gasteiger partial charge >= 0.3 is 6.09 Å². The van der Waals surface area contributed by atoms with E-state index in [2.05, 4.69) is 0 Å². The first kappa shape index (κ1) is 11.3. The van der Waals surface area contributed by atoms with Gasteiger partial charge < -0.3 is 14.4 Å². The molecule has 1 saturated heterocycles. The molecule has 0 aromatic heterocycles. The Morgan fingerprint density at radius 2 is 2.00 bits per heavy atom. The number of ether oxygens (including phenoxy) is 2. The number of methoxy groups -OCH3 is 1. The lowest BCUT2D eigenvalue weighted by atomic mass is 10.0. The molecule has 82 valence electrons. The number of carbonyl (C=O) groups excluding carboxylic acids is 1. The molecule has 14 heavy (non-hydrogen) atoms. The van der Waals surface area contributed by atoms with Gasteiger partial charge in [-0.05, 0) is 27.7 Å². The molecule has 1 fully saturated rings. The second kappa shape index (κ2) is 3.77. The molecule has 0 bridgehead atoms. The zero-order valence-corrected chi connectivity index (χ0v) is 9.53. The van der Waals surface area contributed by atoms with Gasteiger partial charge in [0.05, 0.1) is 18.7 Å². The number of likely N-dealkylation sites (tertiary alicyclic amines) is 1. The minimum atomic E-state index is -0.422. The fourth-order valence-electron chi connectivity index (χ4n) is 1.41. The molecule has 1 heterocycles. The predicted octanol–water partition coefficient (Wildman–Crippen LogP) is 1.64. The highest BCUT2D eigenvalue weighted by Gasteiger charge is 2.40. The van der Waals surface area contributed by atoms with Gasteiger partial charge in [0.15, 0.2) is 0 Å². The SMILES string of the molecule is COC1CN(C(=O)OC(C)(C)C)[C@H]1C. The molecule has 1 unspecified atom stereocenters. The van der Waals surface area contributed by atoms with E-state index in [-0.39, 0.29) is 18.2 Å². The summed E-state index contributed by atoms with van der Waals surface area (Å²) >= 11 is 0. The van der Waals surface area contributed by atoms with E-state index in [9.17, 15) is 4.79 Å². The molecule has 1 rings (SSSR count). The summed E-state index contributed by atoms with van der Waals surface area (Å²) in [7, 11) is 1.66. The molecule has 1 aliphatic rings. The molecule has 0 aromatic carbocycles. The largest absolute Gasteiger partial charge is 0.444 e. The van der Waals surface area contributed by atoms with E-state index in [0.29, 0.717) is 6.54 Å². The van der Waals surface area contributed by atoms with Crippen LogP contribution < -0.4 is 0 Å². The highest BCUT2D eigenvalue weighted by Crippen LogP contribution is 2.22. The van der Waals surface area contributed by atoms with Gasteiger partial charge in [0.1, 0.15) is 5.60 Å². The summed E-state index contributed by atoms with van der Waals surface area (Å²) in [4.78, 5) is 13.2. The summed E-state index contributed by atoms with van der Waals surface area (Å²) in [5.74, 6) is 0. The van der Waals surface area contributed by atoms with Crippen molar-refractivity contribution in [3.8, 4) is 0 Å². The van der Waals surface area contributed by atoms with Gasteiger partial charge in [-0.1, -0.05) is 0 Å². The Labute approximate surface area is 85.2 Å². The van der Waals surface area contributed by atoms with Crippen LogP contribution in [0.1, 0.15) is 27.7 Å². The first-order valence-corrected chi connectivity index (χ1v) is 4.87. The van der Waals surface area contributed by atoms with Crippen molar-refractivity contribution in [1.82, 2.24) is 4.90 Å². The number of hydrogen-bond donors (Lipinski definition) is 0. The molecule has 0 aromatic rings. The Balaban J connectivity index is 2.42. The number of nitrogens with zero attached hydrogens (tertiary/aromatic N) is 1. The van der Waals surface area contributed by atoms with E-state index in [1.807, 2.05) is 27.7 Å². The lowest BCUT2D eigenvalue weighted by molar-refractivity contribution is -0.0811. The molecule has 4 nitrogen and oxygen atoms in total. The van der Waals surface area contributed by atoms with E-state index < -0.39 is 5.60 Å². The molecule has 0 spiro atoms. The number of carbonyl (C=O) groups is 1. The minimum Gasteiger partial charge on any atom is -0.444 e. The second-order valence-electron chi connectivity index (χ2n) is 4.65. The van der Waals surface area contributed by atoms with Gasteiger partial charge in [0.2, 0.25) is 0 Å². The third kappa shape index (κ3) is 2.38. The first-order chi connectivity index (χ1) is 6.35. The molecule has 0 radical (unpaired) electrons. The number of rotatable bonds is 1. The van der Waals surface area contributed by atoms with E-state index >= 15 is 0 Å². The summed E-state index contributed by atoms with van der Waals surface area (Å²) in [6.07, 6.45) is -0.0965. The van der Waals surface area contributed by atoms with Crippen molar-refractivity contribution in [2.45, 2.75) is 45.4 Å². The quantitative estimate of drug-likeness (QED) is 0.647. The smallest absolute Gasteiger partial charge is 0.410 e. The standard InChI is InChI=1S/C10H19NO3/c1-7-8(13-5)6-11(7)9(12)14-10(2,3)4/h7-8H,6H2,1-5H3/t7-,8?/m0/s1. The summed E-state index contributed by atoms with van der Waals surface area (Å²) in [6.45, 7) is 8.18. The van der Waals surface area contributed by atoms with Crippen LogP contribution in [0.3, 0.4) is 0 Å². The fraction of sp³-hybridized carbons (Fsp3) is 0.900. The fourth-order valence-corrected chi connectivity index (χ4v) is 1.41. The Morgan fingerprint density at radius 1 is 1.43 bits per heavy atom. The van der Waals surface area contributed by atoms with Gasteiger partial charge in [-0.15, -0.1) is 0 Å². The zero-order chi connectivity index (χ0) is 10.9. The molecule has 2 atom stereocenters. The van der Waals surface area contributed by atoms with E-state index in [1.165, 1.54) is 0 Å². The van der Waals surface area contributed by atoms with Gasteiger partial charge in [-0.2, -0.15) is 0 Å². The van der Waals surface area contributed by atoms with Crippen LogP contribution in [0, 0.1) is 0 Å². The molecule has 0 N–H and O–H groups in total. The van der Waals surface area contributed by atoms with Crippen molar-refractivity contribution in [3.63, 3.8) is 0 Å². The van der Waals surface area contributed by atoms with Crippen LogP contribution in [0.4, 0.5) is 4.79 Å². The molecule has 0 saturated carbocycles. The molecular formula is C10H19NO3. The summed E-state index contributed by atoms with van der Waals surface area (Å²) in [6, 6.07) is 0.120. The van der Waals surface area contributed by atoms with Crippen LogP contribution in [-0.4, -0.2) is 42.4 Å². The highest BCUT2D eigenvalue weighted by molar-refractivity contribution is 5.69. The first-order valence-electron chi connectivity index (χ1n) is 4.87. The van der Waals surface area contributed by atoms with Crippen LogP contribution in [0.25, 0.3) is 0 Å². The second-order valence-corrected chi connectivity index (χ2v) is 4.65. The van der Waals surface area contributed by atoms with Gasteiger partial charge in [-0.25, -0.2) is 4.79 Å². The van der Waals surface area contributed by atoms with Crippen LogP contribution in [0.15, 0.2) is 0 Å². The maximum Gasteiger partial charge on any atom is 0.410 e. The highest BCUT2D eigenvalue weighted by atomic mass is 16.6. The van der Waals surface area contributed by atoms with Crippen molar-refractivity contribution in [1.29, 1.82) is 0 Å². The van der Waals surface area contributed by atoms with E-state index in [4.69, 9.17) is 9.47 Å². The molecular weight excluding hydrogens is 182 g/mol. The topological polar surface area (TPSA) is 38.8 Å². The molecule has 1 aliphatic heterocycles. The normalized spacial score (nSPS) is 27.1. The van der Waals surface area contributed by atoms with Crippen LogP contribution >= 0.6 is 0 Å². The average molecular weight is 201 g/mol. The van der Waals surface area contributed by atoms with E-state index in [0.717, 1.165) is 0 Å². The minimum absolute atomic E-state index is 0.120. The predicted molar refractivity (Wildman–Crippen MR) is 53.2 cm³/mol. The maximum absolute atomic E-state index is 11.6. The van der Waals surface area contributed by atoms with Gasteiger partial charge in [0, 0.05) is 7.11 Å². The van der Waals surface area contributed by atoms with Crippen LogP contribution in [-0.2, 0) is 9.47 Å². The molecule has 0 aliphatic carbocycles. The monoisotopic (exact) mass is 201 g/mol. The average Bonchev–Trinajstić information content (AvgIpc) is 1.99. The third-order valence-corrected chi connectivity index (χ3v) is 2.34. The van der Waals surface area contributed by atoms with Crippen molar-refractivity contribution in [2.75, 3.05) is 13.7 Å². The maximum atomic E-state index is 11.6. The van der Waals surface area contributed by atoms with E-state index in [1.54, 1.807) is 12.0 Å². The van der Waals surface area contributed by atoms with Gasteiger partial charge in [-0.3, -0.25) is 0 Å². The Kier molecular flexibility index (Phi) is 3.04.